The van der Waals surface area contributed by atoms with E-state index in [4.69, 9.17) is 9.47 Å². The molecule has 0 aromatic heterocycles. The number of carbonyl (C=O) groups is 3. The SMILES string of the molecule is COc1ccc(CN2C(=O)N[C@@H](CC(=O)N[C@H](CO)Cc3ccccc3)C2=O)cc1OC. The quantitative estimate of drug-likeness (QED) is 0.478. The molecule has 1 heterocycles. The molecule has 9 nitrogen and oxygen atoms in total. The third-order valence-corrected chi connectivity index (χ3v) is 5.20. The summed E-state index contributed by atoms with van der Waals surface area (Å²) in [7, 11) is 3.02. The van der Waals surface area contributed by atoms with Gasteiger partial charge in [0.1, 0.15) is 6.04 Å². The van der Waals surface area contributed by atoms with Gasteiger partial charge < -0.3 is 25.2 Å². The van der Waals surface area contributed by atoms with E-state index in [2.05, 4.69) is 10.6 Å². The molecule has 2 aromatic carbocycles. The highest BCUT2D eigenvalue weighted by Gasteiger charge is 2.39. The molecule has 2 aromatic rings. The Kier molecular flexibility index (Phi) is 7.67. The van der Waals surface area contributed by atoms with Gasteiger partial charge in [-0.1, -0.05) is 36.4 Å². The highest BCUT2D eigenvalue weighted by atomic mass is 16.5. The lowest BCUT2D eigenvalue weighted by Crippen LogP contribution is -2.43. The summed E-state index contributed by atoms with van der Waals surface area (Å²) in [4.78, 5) is 38.6. The van der Waals surface area contributed by atoms with Crippen LogP contribution >= 0.6 is 0 Å². The van der Waals surface area contributed by atoms with Crippen LogP contribution < -0.4 is 20.1 Å². The molecule has 1 saturated heterocycles. The van der Waals surface area contributed by atoms with E-state index in [-0.39, 0.29) is 19.6 Å². The minimum absolute atomic E-state index is 0.0381. The van der Waals surface area contributed by atoms with Crippen molar-refractivity contribution in [1.29, 1.82) is 0 Å². The van der Waals surface area contributed by atoms with Gasteiger partial charge in [-0.3, -0.25) is 14.5 Å². The van der Waals surface area contributed by atoms with E-state index < -0.39 is 29.9 Å². The fourth-order valence-corrected chi connectivity index (χ4v) is 3.56. The molecule has 1 aliphatic rings. The Hall–Kier alpha value is -3.59. The van der Waals surface area contributed by atoms with Crippen molar-refractivity contribution in [2.75, 3.05) is 20.8 Å². The largest absolute Gasteiger partial charge is 0.493 e. The molecule has 0 radical (unpaired) electrons. The van der Waals surface area contributed by atoms with Crippen LogP contribution in [0.4, 0.5) is 4.79 Å². The monoisotopic (exact) mass is 441 g/mol. The van der Waals surface area contributed by atoms with Gasteiger partial charge in [-0.2, -0.15) is 0 Å². The number of aliphatic hydroxyl groups excluding tert-OH is 1. The summed E-state index contributed by atoms with van der Waals surface area (Å²) in [6, 6.07) is 12.6. The molecule has 170 valence electrons. The molecule has 0 unspecified atom stereocenters. The number of nitrogens with one attached hydrogen (secondary N) is 2. The summed E-state index contributed by atoms with van der Waals surface area (Å²) in [5.41, 5.74) is 1.65. The van der Waals surface area contributed by atoms with Crippen molar-refractivity contribution in [2.45, 2.75) is 31.5 Å². The van der Waals surface area contributed by atoms with Crippen LogP contribution in [-0.2, 0) is 22.6 Å². The van der Waals surface area contributed by atoms with Crippen LogP contribution in [0.25, 0.3) is 0 Å². The lowest BCUT2D eigenvalue weighted by Gasteiger charge is -2.18. The molecular formula is C23H27N3O6. The van der Waals surface area contributed by atoms with Gasteiger partial charge in [-0.05, 0) is 29.7 Å². The van der Waals surface area contributed by atoms with Crippen molar-refractivity contribution in [3.8, 4) is 11.5 Å². The summed E-state index contributed by atoms with van der Waals surface area (Å²) >= 11 is 0. The Morgan fingerprint density at radius 1 is 1.09 bits per heavy atom. The van der Waals surface area contributed by atoms with Gasteiger partial charge in [0.25, 0.3) is 5.91 Å². The number of amides is 4. The Morgan fingerprint density at radius 2 is 1.81 bits per heavy atom. The second-order valence-electron chi connectivity index (χ2n) is 7.46. The van der Waals surface area contributed by atoms with Crippen molar-refractivity contribution in [3.63, 3.8) is 0 Å². The van der Waals surface area contributed by atoms with Crippen LogP contribution in [0.3, 0.4) is 0 Å². The Morgan fingerprint density at radius 3 is 2.47 bits per heavy atom. The number of hydrogen-bond acceptors (Lipinski definition) is 6. The zero-order valence-corrected chi connectivity index (χ0v) is 18.0. The molecule has 0 saturated carbocycles. The van der Waals surface area contributed by atoms with Gasteiger partial charge >= 0.3 is 6.03 Å². The standard InChI is InChI=1S/C23H27N3O6/c1-31-19-9-8-16(11-20(19)32-2)13-26-22(29)18(25-23(26)30)12-21(28)24-17(14-27)10-15-6-4-3-5-7-15/h3-9,11,17-18,27H,10,12-14H2,1-2H3,(H,24,28)(H,25,30)/t17-,18-/m0/s1. The summed E-state index contributed by atoms with van der Waals surface area (Å²) in [5, 5.41) is 14.9. The molecule has 3 N–H and O–H groups in total. The molecule has 0 spiro atoms. The van der Waals surface area contributed by atoms with Crippen molar-refractivity contribution >= 4 is 17.8 Å². The van der Waals surface area contributed by atoms with Gasteiger partial charge in [0.15, 0.2) is 11.5 Å². The highest BCUT2D eigenvalue weighted by Crippen LogP contribution is 2.28. The summed E-state index contributed by atoms with van der Waals surface area (Å²) in [6.07, 6.45) is 0.248. The summed E-state index contributed by atoms with van der Waals surface area (Å²) in [5.74, 6) is 0.119. The lowest BCUT2D eigenvalue weighted by molar-refractivity contribution is -0.131. The molecule has 9 heteroatoms. The molecule has 1 fully saturated rings. The number of carbonyl (C=O) groups excluding carboxylic acids is 3. The number of ether oxygens (including phenoxy) is 2. The van der Waals surface area contributed by atoms with E-state index in [9.17, 15) is 19.5 Å². The maximum Gasteiger partial charge on any atom is 0.325 e. The minimum atomic E-state index is -0.960. The average Bonchev–Trinajstić information content (AvgIpc) is 3.06. The van der Waals surface area contributed by atoms with Crippen LogP contribution in [0, 0.1) is 0 Å². The fourth-order valence-electron chi connectivity index (χ4n) is 3.56. The van der Waals surface area contributed by atoms with Crippen molar-refractivity contribution in [2.24, 2.45) is 0 Å². The van der Waals surface area contributed by atoms with Gasteiger partial charge in [0.05, 0.1) is 39.8 Å². The molecule has 32 heavy (non-hydrogen) atoms. The van der Waals surface area contributed by atoms with Crippen LogP contribution in [0.1, 0.15) is 17.5 Å². The van der Waals surface area contributed by atoms with Gasteiger partial charge in [0, 0.05) is 0 Å². The van der Waals surface area contributed by atoms with E-state index >= 15 is 0 Å². The van der Waals surface area contributed by atoms with E-state index in [0.717, 1.165) is 10.5 Å². The third-order valence-electron chi connectivity index (χ3n) is 5.20. The van der Waals surface area contributed by atoms with Crippen LogP contribution in [0.15, 0.2) is 48.5 Å². The molecule has 0 aliphatic carbocycles. The van der Waals surface area contributed by atoms with E-state index in [0.29, 0.717) is 23.5 Å². The smallest absolute Gasteiger partial charge is 0.325 e. The number of nitrogens with zero attached hydrogens (tertiary/aromatic N) is 1. The van der Waals surface area contributed by atoms with Crippen molar-refractivity contribution < 1.29 is 29.0 Å². The third kappa shape index (κ3) is 5.55. The maximum atomic E-state index is 12.7. The molecule has 2 atom stereocenters. The molecular weight excluding hydrogens is 414 g/mol. The first kappa shape index (κ1) is 23.1. The first-order chi connectivity index (χ1) is 15.4. The molecule has 3 rings (SSSR count). The number of urea groups is 1. The molecule has 0 bridgehead atoms. The van der Waals surface area contributed by atoms with Crippen LogP contribution in [0.2, 0.25) is 0 Å². The van der Waals surface area contributed by atoms with Gasteiger partial charge in [-0.25, -0.2) is 4.79 Å². The maximum absolute atomic E-state index is 12.7. The predicted molar refractivity (Wildman–Crippen MR) is 116 cm³/mol. The Labute approximate surface area is 186 Å². The number of methoxy groups -OCH3 is 2. The van der Waals surface area contributed by atoms with Crippen molar-refractivity contribution in [1.82, 2.24) is 15.5 Å². The van der Waals surface area contributed by atoms with Crippen LogP contribution in [-0.4, -0.2) is 60.8 Å². The van der Waals surface area contributed by atoms with Crippen LogP contribution in [0.5, 0.6) is 11.5 Å². The predicted octanol–water partition coefficient (Wildman–Crippen LogP) is 1.23. The number of benzene rings is 2. The number of rotatable bonds is 10. The van der Waals surface area contributed by atoms with Gasteiger partial charge in [-0.15, -0.1) is 0 Å². The first-order valence-electron chi connectivity index (χ1n) is 10.2. The Bertz CT molecular complexity index is 965. The highest BCUT2D eigenvalue weighted by molar-refractivity contribution is 6.05. The topological polar surface area (TPSA) is 117 Å². The second-order valence-corrected chi connectivity index (χ2v) is 7.46. The Balaban J connectivity index is 1.58. The van der Waals surface area contributed by atoms with E-state index in [1.54, 1.807) is 18.2 Å². The number of hydrogen-bond donors (Lipinski definition) is 3. The number of imide groups is 1. The summed E-state index contributed by atoms with van der Waals surface area (Å²) in [6.45, 7) is -0.201. The average molecular weight is 441 g/mol. The summed E-state index contributed by atoms with van der Waals surface area (Å²) < 4.78 is 10.5. The second kappa shape index (κ2) is 10.6. The van der Waals surface area contributed by atoms with Crippen molar-refractivity contribution in [3.05, 3.63) is 59.7 Å². The van der Waals surface area contributed by atoms with E-state index in [1.165, 1.54) is 14.2 Å². The van der Waals surface area contributed by atoms with E-state index in [1.807, 2.05) is 30.3 Å². The fraction of sp³-hybridized carbons (Fsp3) is 0.348. The first-order valence-corrected chi connectivity index (χ1v) is 10.2. The van der Waals surface area contributed by atoms with Gasteiger partial charge in [0.2, 0.25) is 5.91 Å². The zero-order valence-electron chi connectivity index (χ0n) is 18.0. The molecule has 4 amide bonds. The minimum Gasteiger partial charge on any atom is -0.493 e. The zero-order chi connectivity index (χ0) is 23.1. The lowest BCUT2D eigenvalue weighted by atomic mass is 10.1. The molecule has 1 aliphatic heterocycles. The number of aliphatic hydroxyl groups is 1. The normalized spacial score (nSPS) is 16.5.